The molecule has 6 heteroatoms. The zero-order valence-corrected chi connectivity index (χ0v) is 11.6. The maximum absolute atomic E-state index is 12.4. The summed E-state index contributed by atoms with van der Waals surface area (Å²) in [5.41, 5.74) is 0.648. The number of aliphatic carboxylic acids is 1. The van der Waals surface area contributed by atoms with Gasteiger partial charge < -0.3 is 15.2 Å². The third kappa shape index (κ3) is 3.53. The Labute approximate surface area is 123 Å². The number of nitrogens with zero attached hydrogens (tertiary/aromatic N) is 1. The van der Waals surface area contributed by atoms with E-state index in [1.165, 1.54) is 11.0 Å². The van der Waals surface area contributed by atoms with Gasteiger partial charge in [-0.25, -0.2) is 9.59 Å². The van der Waals surface area contributed by atoms with E-state index < -0.39 is 18.0 Å². The van der Waals surface area contributed by atoms with Gasteiger partial charge in [0.25, 0.3) is 0 Å². The summed E-state index contributed by atoms with van der Waals surface area (Å²) in [5.74, 6) is -0.455. The molecular weight excluding hydrogens is 272 g/mol. The highest BCUT2D eigenvalue weighted by Crippen LogP contribution is 2.30. The Bertz CT molecular complexity index is 544. The molecule has 112 valence electrons. The van der Waals surface area contributed by atoms with E-state index in [2.05, 4.69) is 11.9 Å². The normalized spacial score (nSPS) is 15.1. The van der Waals surface area contributed by atoms with Gasteiger partial charge in [0.15, 0.2) is 0 Å². The number of fused-ring (bicyclic) bond motifs is 1. The Hall–Kier alpha value is -2.50. The van der Waals surface area contributed by atoms with E-state index in [0.717, 1.165) is 0 Å². The largest absolute Gasteiger partial charge is 0.491 e. The van der Waals surface area contributed by atoms with Crippen molar-refractivity contribution in [1.29, 1.82) is 0 Å². The molecule has 1 aliphatic rings. The molecule has 21 heavy (non-hydrogen) atoms. The maximum Gasteiger partial charge on any atom is 0.326 e. The molecule has 0 spiro atoms. The first-order chi connectivity index (χ1) is 10.1. The van der Waals surface area contributed by atoms with E-state index in [4.69, 9.17) is 9.84 Å². The molecule has 1 aliphatic heterocycles. The minimum absolute atomic E-state index is 0.174. The molecule has 1 aromatic carbocycles. The van der Waals surface area contributed by atoms with Gasteiger partial charge in [-0.1, -0.05) is 18.2 Å². The molecular formula is C15H18N2O4. The van der Waals surface area contributed by atoms with E-state index in [1.54, 1.807) is 12.1 Å². The van der Waals surface area contributed by atoms with E-state index in [9.17, 15) is 9.59 Å². The standard InChI is InChI=1S/C15H18N2O4/c1-2-6-11(14(18)19)16-15(20)17-9-5-10-21-13-8-4-3-7-12(13)17/h2-4,7-8,11H,1,5-6,9-10H2,(H,16,20)(H,18,19). The van der Waals surface area contributed by atoms with Crippen LogP contribution in [-0.2, 0) is 4.79 Å². The number of carbonyl (C=O) groups is 2. The van der Waals surface area contributed by atoms with Gasteiger partial charge >= 0.3 is 12.0 Å². The highest BCUT2D eigenvalue weighted by Gasteiger charge is 2.25. The van der Waals surface area contributed by atoms with Crippen molar-refractivity contribution in [2.75, 3.05) is 18.1 Å². The number of hydrogen-bond acceptors (Lipinski definition) is 3. The van der Waals surface area contributed by atoms with Crippen LogP contribution in [0.2, 0.25) is 0 Å². The van der Waals surface area contributed by atoms with Gasteiger partial charge in [-0.2, -0.15) is 0 Å². The second-order valence-electron chi connectivity index (χ2n) is 4.69. The average molecular weight is 290 g/mol. The highest BCUT2D eigenvalue weighted by atomic mass is 16.5. The molecule has 2 rings (SSSR count). The molecule has 6 nitrogen and oxygen atoms in total. The van der Waals surface area contributed by atoms with Crippen molar-refractivity contribution in [2.24, 2.45) is 0 Å². The first-order valence-corrected chi connectivity index (χ1v) is 6.77. The van der Waals surface area contributed by atoms with Crippen LogP contribution in [0.1, 0.15) is 12.8 Å². The SMILES string of the molecule is C=CCC(NC(=O)N1CCCOc2ccccc21)C(=O)O. The summed E-state index contributed by atoms with van der Waals surface area (Å²) >= 11 is 0. The predicted molar refractivity (Wildman–Crippen MR) is 78.7 cm³/mol. The number of urea groups is 1. The van der Waals surface area contributed by atoms with Crippen molar-refractivity contribution >= 4 is 17.7 Å². The Kier molecular flexibility index (Phi) is 4.81. The fraction of sp³-hybridized carbons (Fsp3) is 0.333. The summed E-state index contributed by atoms with van der Waals surface area (Å²) in [6.07, 6.45) is 2.33. The second kappa shape index (κ2) is 6.78. The van der Waals surface area contributed by atoms with Crippen LogP contribution >= 0.6 is 0 Å². The van der Waals surface area contributed by atoms with Gasteiger partial charge in [0.1, 0.15) is 11.8 Å². The number of nitrogens with one attached hydrogen (secondary N) is 1. The number of amides is 2. The molecule has 1 atom stereocenters. The zero-order valence-electron chi connectivity index (χ0n) is 11.6. The Morgan fingerprint density at radius 2 is 2.24 bits per heavy atom. The molecule has 1 heterocycles. The first kappa shape index (κ1) is 14.9. The maximum atomic E-state index is 12.4. The number of carbonyl (C=O) groups excluding carboxylic acids is 1. The van der Waals surface area contributed by atoms with E-state index in [1.807, 2.05) is 12.1 Å². The number of para-hydroxylation sites is 2. The van der Waals surface area contributed by atoms with Gasteiger partial charge in [-0.15, -0.1) is 6.58 Å². The lowest BCUT2D eigenvalue weighted by Gasteiger charge is -2.24. The third-order valence-corrected chi connectivity index (χ3v) is 3.18. The summed E-state index contributed by atoms with van der Waals surface area (Å²) in [6.45, 7) is 4.50. The monoisotopic (exact) mass is 290 g/mol. The van der Waals surface area contributed by atoms with Crippen molar-refractivity contribution in [3.63, 3.8) is 0 Å². The number of carboxylic acid groups (broad SMARTS) is 1. The van der Waals surface area contributed by atoms with Crippen molar-refractivity contribution in [3.05, 3.63) is 36.9 Å². The van der Waals surface area contributed by atoms with E-state index in [-0.39, 0.29) is 6.42 Å². The molecule has 0 radical (unpaired) electrons. The van der Waals surface area contributed by atoms with Crippen LogP contribution < -0.4 is 15.0 Å². The smallest absolute Gasteiger partial charge is 0.326 e. The van der Waals surface area contributed by atoms with Crippen molar-refractivity contribution < 1.29 is 19.4 Å². The van der Waals surface area contributed by atoms with Crippen molar-refractivity contribution in [2.45, 2.75) is 18.9 Å². The molecule has 0 bridgehead atoms. The summed E-state index contributed by atoms with van der Waals surface area (Å²) in [7, 11) is 0. The highest BCUT2D eigenvalue weighted by molar-refractivity contribution is 5.95. The van der Waals surface area contributed by atoms with Crippen LogP contribution in [0.25, 0.3) is 0 Å². The van der Waals surface area contributed by atoms with E-state index >= 15 is 0 Å². The number of rotatable bonds is 4. The quantitative estimate of drug-likeness (QED) is 0.831. The molecule has 0 aromatic heterocycles. The Morgan fingerprint density at radius 3 is 2.95 bits per heavy atom. The number of hydrogen-bond donors (Lipinski definition) is 2. The summed E-state index contributed by atoms with van der Waals surface area (Å²) in [6, 6.07) is 5.79. The number of benzene rings is 1. The van der Waals surface area contributed by atoms with Crippen LogP contribution in [0.3, 0.4) is 0 Å². The van der Waals surface area contributed by atoms with Crippen LogP contribution in [0.15, 0.2) is 36.9 Å². The zero-order chi connectivity index (χ0) is 15.2. The Balaban J connectivity index is 2.18. The lowest BCUT2D eigenvalue weighted by atomic mass is 10.2. The minimum Gasteiger partial charge on any atom is -0.491 e. The van der Waals surface area contributed by atoms with Gasteiger partial charge in [0.05, 0.1) is 12.3 Å². The van der Waals surface area contributed by atoms with Crippen LogP contribution in [0.5, 0.6) is 5.75 Å². The van der Waals surface area contributed by atoms with Gasteiger partial charge in [-0.3, -0.25) is 4.90 Å². The molecule has 0 saturated carbocycles. The minimum atomic E-state index is -1.08. The predicted octanol–water partition coefficient (Wildman–Crippen LogP) is 2.01. The summed E-state index contributed by atoms with van der Waals surface area (Å²) in [4.78, 5) is 25.0. The number of carboxylic acids is 1. The van der Waals surface area contributed by atoms with Crippen LogP contribution in [0, 0.1) is 0 Å². The number of anilines is 1. The second-order valence-corrected chi connectivity index (χ2v) is 4.69. The molecule has 0 saturated heterocycles. The van der Waals surface area contributed by atoms with Gasteiger partial charge in [-0.05, 0) is 25.0 Å². The molecule has 1 unspecified atom stereocenters. The molecule has 1 aromatic rings. The molecule has 2 amide bonds. The number of ether oxygens (including phenoxy) is 1. The lowest BCUT2D eigenvalue weighted by molar-refractivity contribution is -0.139. The summed E-state index contributed by atoms with van der Waals surface area (Å²) in [5, 5.41) is 11.6. The van der Waals surface area contributed by atoms with Crippen molar-refractivity contribution in [3.8, 4) is 5.75 Å². The van der Waals surface area contributed by atoms with Crippen LogP contribution in [-0.4, -0.2) is 36.3 Å². The molecule has 0 fully saturated rings. The van der Waals surface area contributed by atoms with Crippen molar-refractivity contribution in [1.82, 2.24) is 5.32 Å². The molecule has 2 N–H and O–H groups in total. The first-order valence-electron chi connectivity index (χ1n) is 6.77. The third-order valence-electron chi connectivity index (χ3n) is 3.18. The van der Waals surface area contributed by atoms with Gasteiger partial charge in [0, 0.05) is 6.54 Å². The fourth-order valence-corrected chi connectivity index (χ4v) is 2.15. The fourth-order valence-electron chi connectivity index (χ4n) is 2.15. The topological polar surface area (TPSA) is 78.9 Å². The molecule has 0 aliphatic carbocycles. The average Bonchev–Trinajstić information content (AvgIpc) is 2.69. The summed E-state index contributed by atoms with van der Waals surface area (Å²) < 4.78 is 5.57. The lowest BCUT2D eigenvalue weighted by Crippen LogP contribution is -2.48. The van der Waals surface area contributed by atoms with Gasteiger partial charge in [0.2, 0.25) is 0 Å². The van der Waals surface area contributed by atoms with E-state index in [0.29, 0.717) is 31.0 Å². The Morgan fingerprint density at radius 1 is 1.48 bits per heavy atom. The van der Waals surface area contributed by atoms with Crippen LogP contribution in [0.4, 0.5) is 10.5 Å².